The Hall–Kier alpha value is -1.46. The molecule has 6 heteroatoms. The zero-order valence-corrected chi connectivity index (χ0v) is 19.7. The van der Waals surface area contributed by atoms with Gasteiger partial charge in [0.1, 0.15) is 23.7 Å². The Morgan fingerprint density at radius 1 is 0.724 bits per heavy atom. The van der Waals surface area contributed by atoms with Crippen LogP contribution in [0, 0.1) is 0 Å². The summed E-state index contributed by atoms with van der Waals surface area (Å²) in [6, 6.07) is 11.9. The van der Waals surface area contributed by atoms with Crippen molar-refractivity contribution in [3.05, 3.63) is 57.6 Å². The standard InChI is InChI=1S/C23H32Cl2N2O2/c1-16(14-26(3)4)28-22-9-7-18(12-20(22)24)11-19-8-10-23(21(25)13-19)29-17(2)15-27(5)6/h7-10,12-13,16-17H,11,14-15H2,1-6H3. The van der Waals surface area contributed by atoms with Crippen LogP contribution in [0.25, 0.3) is 0 Å². The Morgan fingerprint density at radius 2 is 1.10 bits per heavy atom. The van der Waals surface area contributed by atoms with Crippen LogP contribution in [-0.4, -0.2) is 63.3 Å². The average molecular weight is 439 g/mol. The van der Waals surface area contributed by atoms with E-state index in [1.165, 1.54) is 0 Å². The van der Waals surface area contributed by atoms with Crippen LogP contribution in [0.1, 0.15) is 25.0 Å². The van der Waals surface area contributed by atoms with Crippen molar-refractivity contribution in [2.75, 3.05) is 41.3 Å². The minimum absolute atomic E-state index is 0.0644. The van der Waals surface area contributed by atoms with Crippen LogP contribution in [0.4, 0.5) is 0 Å². The van der Waals surface area contributed by atoms with Crippen LogP contribution < -0.4 is 9.47 Å². The molecule has 0 aliphatic carbocycles. The van der Waals surface area contributed by atoms with Crippen molar-refractivity contribution >= 4 is 23.2 Å². The molecule has 2 rings (SSSR count). The van der Waals surface area contributed by atoms with E-state index in [9.17, 15) is 0 Å². The zero-order valence-electron chi connectivity index (χ0n) is 18.2. The van der Waals surface area contributed by atoms with Gasteiger partial charge in [0.05, 0.1) is 10.0 Å². The fourth-order valence-corrected chi connectivity index (χ4v) is 3.77. The minimum Gasteiger partial charge on any atom is -0.488 e. The van der Waals surface area contributed by atoms with E-state index in [2.05, 4.69) is 9.80 Å². The molecule has 0 saturated carbocycles. The topological polar surface area (TPSA) is 24.9 Å². The molecule has 2 atom stereocenters. The van der Waals surface area contributed by atoms with Gasteiger partial charge in [-0.1, -0.05) is 35.3 Å². The fraction of sp³-hybridized carbons (Fsp3) is 0.478. The maximum atomic E-state index is 6.44. The monoisotopic (exact) mass is 438 g/mol. The van der Waals surface area contributed by atoms with E-state index in [1.807, 2.05) is 78.4 Å². The average Bonchev–Trinajstić information content (AvgIpc) is 2.58. The molecular weight excluding hydrogens is 407 g/mol. The molecule has 0 radical (unpaired) electrons. The molecule has 2 unspecified atom stereocenters. The first-order valence-electron chi connectivity index (χ1n) is 9.83. The van der Waals surface area contributed by atoms with Crippen molar-refractivity contribution in [2.45, 2.75) is 32.5 Å². The van der Waals surface area contributed by atoms with Gasteiger partial charge in [0.2, 0.25) is 0 Å². The van der Waals surface area contributed by atoms with Crippen LogP contribution in [0.2, 0.25) is 10.0 Å². The van der Waals surface area contributed by atoms with Crippen LogP contribution in [-0.2, 0) is 6.42 Å². The Labute approximate surface area is 185 Å². The van der Waals surface area contributed by atoms with Gasteiger partial charge in [-0.05, 0) is 83.9 Å². The summed E-state index contributed by atoms with van der Waals surface area (Å²) in [4.78, 5) is 4.18. The van der Waals surface area contributed by atoms with Gasteiger partial charge in [0, 0.05) is 13.1 Å². The Kier molecular flexibility index (Phi) is 9.09. The van der Waals surface area contributed by atoms with Gasteiger partial charge >= 0.3 is 0 Å². The first-order chi connectivity index (χ1) is 13.6. The van der Waals surface area contributed by atoms with Crippen molar-refractivity contribution in [3.63, 3.8) is 0 Å². The highest BCUT2D eigenvalue weighted by Gasteiger charge is 2.12. The largest absolute Gasteiger partial charge is 0.488 e. The molecule has 0 aliphatic rings. The quantitative estimate of drug-likeness (QED) is 0.506. The van der Waals surface area contributed by atoms with E-state index in [0.717, 1.165) is 30.6 Å². The lowest BCUT2D eigenvalue weighted by Crippen LogP contribution is -2.28. The third-order valence-electron chi connectivity index (χ3n) is 4.30. The van der Waals surface area contributed by atoms with Gasteiger partial charge in [-0.15, -0.1) is 0 Å². The molecule has 0 fully saturated rings. The lowest BCUT2D eigenvalue weighted by molar-refractivity contribution is 0.177. The number of rotatable bonds is 10. The molecule has 160 valence electrons. The van der Waals surface area contributed by atoms with Gasteiger partial charge in [0.25, 0.3) is 0 Å². The summed E-state index contributed by atoms with van der Waals surface area (Å²) in [5.74, 6) is 1.42. The van der Waals surface area contributed by atoms with E-state index in [-0.39, 0.29) is 12.2 Å². The SMILES string of the molecule is CC(CN(C)C)Oc1ccc(Cc2ccc(OC(C)CN(C)C)c(Cl)c2)cc1Cl. The first-order valence-corrected chi connectivity index (χ1v) is 10.6. The fourth-order valence-electron chi connectivity index (χ4n) is 3.27. The van der Waals surface area contributed by atoms with Gasteiger partial charge in [-0.3, -0.25) is 0 Å². The molecule has 0 N–H and O–H groups in total. The first kappa shape index (κ1) is 23.8. The lowest BCUT2D eigenvalue weighted by Gasteiger charge is -2.20. The second kappa shape index (κ2) is 11.1. The van der Waals surface area contributed by atoms with Gasteiger partial charge in [0.15, 0.2) is 0 Å². The van der Waals surface area contributed by atoms with E-state index >= 15 is 0 Å². The normalized spacial score (nSPS) is 13.6. The molecular formula is C23H32Cl2N2O2. The molecule has 2 aromatic rings. The highest BCUT2D eigenvalue weighted by Crippen LogP contribution is 2.30. The predicted octanol–water partition coefficient (Wildman–Crippen LogP) is 5.24. The molecule has 0 spiro atoms. The highest BCUT2D eigenvalue weighted by atomic mass is 35.5. The van der Waals surface area contributed by atoms with Crippen LogP contribution in [0.15, 0.2) is 36.4 Å². The molecule has 0 aliphatic heterocycles. The summed E-state index contributed by atoms with van der Waals surface area (Å²) >= 11 is 12.9. The summed E-state index contributed by atoms with van der Waals surface area (Å²) in [6.07, 6.45) is 0.865. The molecule has 0 bridgehead atoms. The number of likely N-dealkylation sites (N-methyl/N-ethyl adjacent to an activating group) is 2. The third-order valence-corrected chi connectivity index (χ3v) is 4.89. The second-order valence-corrected chi connectivity index (χ2v) is 8.90. The number of halogens is 2. The van der Waals surface area contributed by atoms with E-state index in [1.54, 1.807) is 0 Å². The Bertz CT molecular complexity index is 731. The summed E-state index contributed by atoms with van der Waals surface area (Å²) in [5.41, 5.74) is 2.21. The van der Waals surface area contributed by atoms with Gasteiger partial charge in [-0.2, -0.15) is 0 Å². The molecule has 0 saturated heterocycles. The number of nitrogens with zero attached hydrogens (tertiary/aromatic N) is 2. The summed E-state index contributed by atoms with van der Waals surface area (Å²) in [7, 11) is 8.09. The van der Waals surface area contributed by atoms with Gasteiger partial charge in [-0.25, -0.2) is 0 Å². The Balaban J connectivity index is 2.02. The third kappa shape index (κ3) is 8.06. The number of benzene rings is 2. The van der Waals surface area contributed by atoms with Crippen LogP contribution in [0.5, 0.6) is 11.5 Å². The summed E-state index contributed by atoms with van der Waals surface area (Å²) < 4.78 is 11.9. The molecule has 2 aromatic carbocycles. The van der Waals surface area contributed by atoms with E-state index < -0.39 is 0 Å². The maximum Gasteiger partial charge on any atom is 0.138 e. The second-order valence-electron chi connectivity index (χ2n) is 8.09. The van der Waals surface area contributed by atoms with Crippen LogP contribution >= 0.6 is 23.2 Å². The van der Waals surface area contributed by atoms with Crippen molar-refractivity contribution in [1.29, 1.82) is 0 Å². The molecule has 4 nitrogen and oxygen atoms in total. The van der Waals surface area contributed by atoms with Crippen molar-refractivity contribution in [2.24, 2.45) is 0 Å². The van der Waals surface area contributed by atoms with Crippen molar-refractivity contribution < 1.29 is 9.47 Å². The zero-order chi connectivity index (χ0) is 21.6. The van der Waals surface area contributed by atoms with Crippen LogP contribution in [0.3, 0.4) is 0 Å². The maximum absolute atomic E-state index is 6.44. The smallest absolute Gasteiger partial charge is 0.138 e. The predicted molar refractivity (Wildman–Crippen MR) is 123 cm³/mol. The molecule has 29 heavy (non-hydrogen) atoms. The molecule has 0 heterocycles. The van der Waals surface area contributed by atoms with Crippen molar-refractivity contribution in [3.8, 4) is 11.5 Å². The number of ether oxygens (including phenoxy) is 2. The number of hydrogen-bond donors (Lipinski definition) is 0. The highest BCUT2D eigenvalue weighted by molar-refractivity contribution is 6.32. The summed E-state index contributed by atoms with van der Waals surface area (Å²) in [6.45, 7) is 5.74. The minimum atomic E-state index is 0.0644. The molecule has 0 amide bonds. The van der Waals surface area contributed by atoms with Crippen molar-refractivity contribution in [1.82, 2.24) is 9.80 Å². The Morgan fingerprint density at radius 3 is 1.41 bits per heavy atom. The van der Waals surface area contributed by atoms with Gasteiger partial charge < -0.3 is 19.3 Å². The van der Waals surface area contributed by atoms with E-state index in [4.69, 9.17) is 32.7 Å². The lowest BCUT2D eigenvalue weighted by atomic mass is 10.0. The van der Waals surface area contributed by atoms with E-state index in [0.29, 0.717) is 21.5 Å². The molecule has 0 aromatic heterocycles. The summed E-state index contributed by atoms with van der Waals surface area (Å²) in [5, 5.41) is 1.24. The number of hydrogen-bond acceptors (Lipinski definition) is 4.